The molecule has 0 bridgehead atoms. The fourth-order valence-corrected chi connectivity index (χ4v) is 4.25. The summed E-state index contributed by atoms with van der Waals surface area (Å²) in [5, 5.41) is -0.237. The Bertz CT molecular complexity index is 878. The molecule has 9 heteroatoms. The van der Waals surface area contributed by atoms with E-state index >= 15 is 0 Å². The topological polar surface area (TPSA) is 79.6 Å². The van der Waals surface area contributed by atoms with Gasteiger partial charge in [0.05, 0.1) is 21.7 Å². The second-order valence-electron chi connectivity index (χ2n) is 6.18. The molecule has 140 valence electrons. The Morgan fingerprint density at radius 3 is 2.65 bits per heavy atom. The number of amides is 1. The van der Waals surface area contributed by atoms with Gasteiger partial charge in [0.1, 0.15) is 12.1 Å². The molecule has 0 spiro atoms. The van der Waals surface area contributed by atoms with E-state index in [1.54, 1.807) is 11.0 Å². The molecule has 1 aromatic carbocycles. The number of hydrogen-bond donors (Lipinski definition) is 1. The average molecular weight is 401 g/mol. The molecule has 0 radical (unpaired) electrons. The smallest absolute Gasteiger partial charge is 0.257 e. The van der Waals surface area contributed by atoms with Crippen molar-refractivity contribution >= 4 is 27.5 Å². The average Bonchev–Trinajstić information content (AvgIpc) is 3.17. The lowest BCUT2D eigenvalue weighted by molar-refractivity contribution is 0.0691. The maximum atomic E-state index is 13.2. The van der Waals surface area contributed by atoms with Crippen LogP contribution < -0.4 is 4.72 Å². The van der Waals surface area contributed by atoms with Gasteiger partial charge in [-0.15, -0.1) is 0 Å². The van der Waals surface area contributed by atoms with Gasteiger partial charge in [-0.25, -0.2) is 17.5 Å². The molecule has 1 fully saturated rings. The van der Waals surface area contributed by atoms with Crippen molar-refractivity contribution in [1.29, 1.82) is 0 Å². The van der Waals surface area contributed by atoms with E-state index in [4.69, 9.17) is 16.0 Å². The van der Waals surface area contributed by atoms with Gasteiger partial charge in [0, 0.05) is 19.6 Å². The van der Waals surface area contributed by atoms with Crippen molar-refractivity contribution in [1.82, 2.24) is 9.62 Å². The quantitative estimate of drug-likeness (QED) is 0.836. The van der Waals surface area contributed by atoms with E-state index in [-0.39, 0.29) is 28.3 Å². The third-order valence-corrected chi connectivity index (χ3v) is 6.14. The van der Waals surface area contributed by atoms with Crippen molar-refractivity contribution in [3.8, 4) is 0 Å². The number of nitrogens with zero attached hydrogens (tertiary/aromatic N) is 1. The van der Waals surface area contributed by atoms with E-state index in [0.29, 0.717) is 31.5 Å². The van der Waals surface area contributed by atoms with Crippen LogP contribution in [0.5, 0.6) is 0 Å². The minimum atomic E-state index is -3.76. The summed E-state index contributed by atoms with van der Waals surface area (Å²) >= 11 is 5.65. The molecule has 2 aromatic rings. The monoisotopic (exact) mass is 400 g/mol. The lowest BCUT2D eigenvalue weighted by Gasteiger charge is -2.31. The molecule has 6 nitrogen and oxygen atoms in total. The molecule has 0 unspecified atom stereocenters. The Labute approximate surface area is 156 Å². The van der Waals surface area contributed by atoms with Crippen molar-refractivity contribution in [2.75, 3.05) is 19.6 Å². The zero-order valence-electron chi connectivity index (χ0n) is 13.8. The van der Waals surface area contributed by atoms with Crippen LogP contribution in [0.3, 0.4) is 0 Å². The maximum Gasteiger partial charge on any atom is 0.257 e. The van der Waals surface area contributed by atoms with Gasteiger partial charge in [-0.3, -0.25) is 4.79 Å². The number of carbonyl (C=O) groups excluding carboxylic acids is 1. The van der Waals surface area contributed by atoms with E-state index in [0.717, 1.165) is 12.1 Å². The highest BCUT2D eigenvalue weighted by molar-refractivity contribution is 7.89. The van der Waals surface area contributed by atoms with Gasteiger partial charge in [0.25, 0.3) is 5.91 Å². The highest BCUT2D eigenvalue weighted by atomic mass is 35.5. The van der Waals surface area contributed by atoms with E-state index in [1.807, 2.05) is 0 Å². The summed E-state index contributed by atoms with van der Waals surface area (Å²) in [6.07, 6.45) is 4.25. The van der Waals surface area contributed by atoms with Crippen molar-refractivity contribution in [3.63, 3.8) is 0 Å². The van der Waals surface area contributed by atoms with Crippen molar-refractivity contribution < 1.29 is 22.0 Å². The van der Waals surface area contributed by atoms with Gasteiger partial charge in [-0.05, 0) is 43.0 Å². The second-order valence-corrected chi connectivity index (χ2v) is 8.35. The van der Waals surface area contributed by atoms with Crippen molar-refractivity contribution in [2.24, 2.45) is 5.92 Å². The van der Waals surface area contributed by atoms with Crippen LogP contribution >= 0.6 is 11.6 Å². The first kappa shape index (κ1) is 18.9. The predicted octanol–water partition coefficient (Wildman–Crippen LogP) is 2.90. The summed E-state index contributed by atoms with van der Waals surface area (Å²) in [4.78, 5) is 13.9. The Morgan fingerprint density at radius 2 is 2.04 bits per heavy atom. The molecular formula is C17H18ClFN2O4S. The van der Waals surface area contributed by atoms with E-state index in [1.165, 1.54) is 18.6 Å². The highest BCUT2D eigenvalue weighted by Crippen LogP contribution is 2.21. The first-order valence-corrected chi connectivity index (χ1v) is 9.99. The first-order valence-electron chi connectivity index (χ1n) is 8.13. The molecule has 3 rings (SSSR count). The molecule has 1 aliphatic rings. The SMILES string of the molecule is O=C(c1ccoc1)N1CCC(CNS(=O)(=O)c2ccc(F)c(Cl)c2)CC1. The zero-order chi connectivity index (χ0) is 18.7. The van der Waals surface area contributed by atoms with E-state index < -0.39 is 15.8 Å². The van der Waals surface area contributed by atoms with Crippen LogP contribution in [0.25, 0.3) is 0 Å². The summed E-state index contributed by atoms with van der Waals surface area (Å²) in [5.74, 6) is -0.631. The molecule has 1 amide bonds. The number of sulfonamides is 1. The van der Waals surface area contributed by atoms with Crippen LogP contribution in [-0.2, 0) is 10.0 Å². The van der Waals surface area contributed by atoms with Crippen LogP contribution in [0, 0.1) is 11.7 Å². The Morgan fingerprint density at radius 1 is 1.31 bits per heavy atom. The third kappa shape index (κ3) is 4.25. The highest BCUT2D eigenvalue weighted by Gasteiger charge is 2.25. The summed E-state index contributed by atoms with van der Waals surface area (Å²) in [7, 11) is -3.76. The zero-order valence-corrected chi connectivity index (χ0v) is 15.4. The number of hydrogen-bond acceptors (Lipinski definition) is 4. The molecule has 0 aliphatic carbocycles. The van der Waals surface area contributed by atoms with Gasteiger partial charge < -0.3 is 9.32 Å². The molecule has 26 heavy (non-hydrogen) atoms. The van der Waals surface area contributed by atoms with Gasteiger partial charge in [0.15, 0.2) is 0 Å². The number of nitrogens with one attached hydrogen (secondary N) is 1. The van der Waals surface area contributed by atoms with Gasteiger partial charge >= 0.3 is 0 Å². The van der Waals surface area contributed by atoms with Gasteiger partial charge in [0.2, 0.25) is 10.0 Å². The standard InChI is InChI=1S/C17H18ClFN2O4S/c18-15-9-14(1-2-16(15)19)26(23,24)20-10-12-3-6-21(7-4-12)17(22)13-5-8-25-11-13/h1-2,5,8-9,11-12,20H,3-4,6-7,10H2. The summed E-state index contributed by atoms with van der Waals surface area (Å²) in [5.41, 5.74) is 0.511. The van der Waals surface area contributed by atoms with Crippen molar-refractivity contribution in [2.45, 2.75) is 17.7 Å². The molecular weight excluding hydrogens is 383 g/mol. The third-order valence-electron chi connectivity index (χ3n) is 4.43. The van der Waals surface area contributed by atoms with Crippen LogP contribution in [-0.4, -0.2) is 38.9 Å². The summed E-state index contributed by atoms with van der Waals surface area (Å²) in [6.45, 7) is 1.36. The van der Waals surface area contributed by atoms with Gasteiger partial charge in [-0.1, -0.05) is 11.6 Å². The Kier molecular flexibility index (Phi) is 5.64. The summed E-state index contributed by atoms with van der Waals surface area (Å²) < 4.78 is 45.2. The van der Waals surface area contributed by atoms with Crippen LogP contribution in [0.2, 0.25) is 5.02 Å². The van der Waals surface area contributed by atoms with E-state index in [9.17, 15) is 17.6 Å². The number of halogens is 2. The summed E-state index contributed by atoms with van der Waals surface area (Å²) in [6, 6.07) is 4.91. The number of carbonyl (C=O) groups is 1. The molecule has 1 N–H and O–H groups in total. The van der Waals surface area contributed by atoms with Crippen LogP contribution in [0.15, 0.2) is 46.1 Å². The van der Waals surface area contributed by atoms with Crippen molar-refractivity contribution in [3.05, 3.63) is 53.2 Å². The fraction of sp³-hybridized carbons (Fsp3) is 0.353. The normalized spacial score (nSPS) is 16.0. The van der Waals surface area contributed by atoms with Crippen LogP contribution in [0.4, 0.5) is 4.39 Å². The Hall–Kier alpha value is -1.90. The minimum absolute atomic E-state index is 0.0727. The Balaban J connectivity index is 1.53. The number of furan rings is 1. The molecule has 1 aliphatic heterocycles. The fourth-order valence-electron chi connectivity index (χ4n) is 2.86. The number of benzene rings is 1. The van der Waals surface area contributed by atoms with Gasteiger partial charge in [-0.2, -0.15) is 0 Å². The molecule has 0 atom stereocenters. The maximum absolute atomic E-state index is 13.2. The largest absolute Gasteiger partial charge is 0.472 e. The molecule has 1 saturated heterocycles. The first-order chi connectivity index (χ1) is 12.4. The number of rotatable bonds is 5. The lowest BCUT2D eigenvalue weighted by atomic mass is 9.97. The number of likely N-dealkylation sites (tertiary alicyclic amines) is 1. The minimum Gasteiger partial charge on any atom is -0.472 e. The predicted molar refractivity (Wildman–Crippen MR) is 93.9 cm³/mol. The lowest BCUT2D eigenvalue weighted by Crippen LogP contribution is -2.41. The van der Waals surface area contributed by atoms with Crippen LogP contribution in [0.1, 0.15) is 23.2 Å². The number of piperidine rings is 1. The molecule has 0 saturated carbocycles. The molecule has 1 aromatic heterocycles. The van der Waals surface area contributed by atoms with E-state index in [2.05, 4.69) is 4.72 Å². The molecule has 2 heterocycles. The second kappa shape index (κ2) is 7.77.